The van der Waals surface area contributed by atoms with Gasteiger partial charge in [0.15, 0.2) is 0 Å². The Morgan fingerprint density at radius 1 is 1.50 bits per heavy atom. The Balaban J connectivity index is 3.64. The van der Waals surface area contributed by atoms with Gasteiger partial charge in [-0.15, -0.1) is 0 Å². The smallest absolute Gasteiger partial charge is 0.0910 e. The van der Waals surface area contributed by atoms with E-state index < -0.39 is 11.0 Å². The van der Waals surface area contributed by atoms with E-state index in [1.807, 2.05) is 20.9 Å². The van der Waals surface area contributed by atoms with Crippen LogP contribution in [0.5, 0.6) is 0 Å². The van der Waals surface area contributed by atoms with Crippen LogP contribution in [0.4, 0.5) is 0 Å². The maximum atomic E-state index is 10.6. The molecular formula is C5H13NOS. The topological polar surface area (TPSA) is 20.3 Å². The standard InChI is InChI=1S/C5H13NOS/c1-5(2)6(3)8(4)7/h5H,1-4H3. The zero-order chi connectivity index (χ0) is 6.73. The lowest BCUT2D eigenvalue weighted by Crippen LogP contribution is -2.27. The molecule has 0 rings (SSSR count). The van der Waals surface area contributed by atoms with Crippen LogP contribution in [0.3, 0.4) is 0 Å². The van der Waals surface area contributed by atoms with E-state index >= 15 is 0 Å². The fraction of sp³-hybridized carbons (Fsp3) is 1.00. The van der Waals surface area contributed by atoms with Gasteiger partial charge in [0, 0.05) is 19.3 Å². The summed E-state index contributed by atoms with van der Waals surface area (Å²) in [5.74, 6) is 0. The SMILES string of the molecule is CC(C)N(C)S(C)=O. The molecule has 0 fully saturated rings. The van der Waals surface area contributed by atoms with Crippen molar-refractivity contribution in [2.45, 2.75) is 19.9 Å². The summed E-state index contributed by atoms with van der Waals surface area (Å²) >= 11 is 0. The first-order chi connectivity index (χ1) is 3.55. The Labute approximate surface area is 53.5 Å². The Kier molecular flexibility index (Phi) is 3.24. The highest BCUT2D eigenvalue weighted by Gasteiger charge is 2.04. The average Bonchev–Trinajstić information content (AvgIpc) is 1.64. The van der Waals surface area contributed by atoms with Crippen LogP contribution in [0, 0.1) is 0 Å². The van der Waals surface area contributed by atoms with Crippen LogP contribution in [0.25, 0.3) is 0 Å². The summed E-state index contributed by atoms with van der Waals surface area (Å²) in [6, 6.07) is 0.376. The van der Waals surface area contributed by atoms with Crippen molar-refractivity contribution in [1.82, 2.24) is 4.31 Å². The van der Waals surface area contributed by atoms with Crippen molar-refractivity contribution in [3.8, 4) is 0 Å². The van der Waals surface area contributed by atoms with E-state index in [1.165, 1.54) is 0 Å². The quantitative estimate of drug-likeness (QED) is 0.543. The number of nitrogens with zero attached hydrogens (tertiary/aromatic N) is 1. The fourth-order valence-corrected chi connectivity index (χ4v) is 0.891. The third-order valence-corrected chi connectivity index (χ3v) is 2.37. The van der Waals surface area contributed by atoms with Crippen molar-refractivity contribution in [1.29, 1.82) is 0 Å². The van der Waals surface area contributed by atoms with Gasteiger partial charge in [-0.05, 0) is 13.8 Å². The fourth-order valence-electron chi connectivity index (χ4n) is 0.297. The predicted molar refractivity (Wildman–Crippen MR) is 37.0 cm³/mol. The maximum absolute atomic E-state index is 10.6. The summed E-state index contributed by atoms with van der Waals surface area (Å²) in [7, 11) is 1.04. The lowest BCUT2D eigenvalue weighted by atomic mass is 10.4. The largest absolute Gasteiger partial charge is 0.243 e. The molecule has 3 heteroatoms. The molecule has 0 aliphatic heterocycles. The summed E-state index contributed by atoms with van der Waals surface area (Å²) in [5, 5.41) is 0. The molecule has 1 atom stereocenters. The highest BCUT2D eigenvalue weighted by atomic mass is 32.2. The van der Waals surface area contributed by atoms with E-state index in [0.717, 1.165) is 0 Å². The van der Waals surface area contributed by atoms with Crippen LogP contribution >= 0.6 is 0 Å². The summed E-state index contributed by atoms with van der Waals surface area (Å²) in [6.45, 7) is 4.03. The first-order valence-electron chi connectivity index (χ1n) is 2.62. The van der Waals surface area contributed by atoms with Crippen LogP contribution in [0.1, 0.15) is 13.8 Å². The number of hydrogen-bond donors (Lipinski definition) is 0. The zero-order valence-electron chi connectivity index (χ0n) is 5.84. The van der Waals surface area contributed by atoms with Crippen LogP contribution in [-0.2, 0) is 11.0 Å². The second-order valence-corrected chi connectivity index (χ2v) is 3.49. The van der Waals surface area contributed by atoms with Gasteiger partial charge in [0.25, 0.3) is 0 Å². The molecule has 0 aromatic rings. The molecule has 0 saturated heterocycles. The predicted octanol–water partition coefficient (Wildman–Crippen LogP) is 0.620. The van der Waals surface area contributed by atoms with Crippen LogP contribution in [0.2, 0.25) is 0 Å². The van der Waals surface area contributed by atoms with Crippen molar-refractivity contribution in [2.24, 2.45) is 0 Å². The van der Waals surface area contributed by atoms with Crippen LogP contribution < -0.4 is 0 Å². The van der Waals surface area contributed by atoms with E-state index in [2.05, 4.69) is 0 Å². The van der Waals surface area contributed by atoms with E-state index in [4.69, 9.17) is 0 Å². The van der Waals surface area contributed by atoms with Crippen molar-refractivity contribution < 1.29 is 4.21 Å². The van der Waals surface area contributed by atoms with Gasteiger partial charge in [-0.2, -0.15) is 0 Å². The van der Waals surface area contributed by atoms with Gasteiger partial charge in [-0.25, -0.2) is 8.51 Å². The van der Waals surface area contributed by atoms with E-state index in [-0.39, 0.29) is 0 Å². The summed E-state index contributed by atoms with van der Waals surface area (Å²) in [6.07, 6.45) is 1.68. The molecule has 0 aromatic carbocycles. The molecular weight excluding hydrogens is 122 g/mol. The molecule has 50 valence electrons. The first-order valence-corrected chi connectivity index (χ1v) is 4.13. The third-order valence-electron chi connectivity index (χ3n) is 1.13. The summed E-state index contributed by atoms with van der Waals surface area (Å²) in [4.78, 5) is 0. The van der Waals surface area contributed by atoms with E-state index in [1.54, 1.807) is 10.6 Å². The van der Waals surface area contributed by atoms with Crippen LogP contribution in [-0.4, -0.2) is 27.9 Å². The number of rotatable bonds is 2. The second kappa shape index (κ2) is 3.20. The Bertz CT molecular complexity index is 92.4. The highest BCUT2D eigenvalue weighted by molar-refractivity contribution is 7.81. The minimum absolute atomic E-state index is 0.376. The molecule has 1 unspecified atom stereocenters. The third kappa shape index (κ3) is 2.43. The van der Waals surface area contributed by atoms with Gasteiger partial charge in [-0.1, -0.05) is 0 Å². The number of hydrogen-bond acceptors (Lipinski definition) is 1. The van der Waals surface area contributed by atoms with Crippen molar-refractivity contribution >= 4 is 11.0 Å². The van der Waals surface area contributed by atoms with E-state index in [0.29, 0.717) is 6.04 Å². The average molecular weight is 135 g/mol. The van der Waals surface area contributed by atoms with Gasteiger partial charge in [0.2, 0.25) is 0 Å². The molecule has 0 aliphatic carbocycles. The molecule has 0 radical (unpaired) electrons. The Hall–Kier alpha value is 0.110. The monoisotopic (exact) mass is 135 g/mol. The molecule has 0 bridgehead atoms. The van der Waals surface area contributed by atoms with Crippen molar-refractivity contribution in [2.75, 3.05) is 13.3 Å². The molecule has 0 N–H and O–H groups in total. The second-order valence-electron chi connectivity index (χ2n) is 2.06. The van der Waals surface area contributed by atoms with Gasteiger partial charge in [-0.3, -0.25) is 0 Å². The first kappa shape index (κ1) is 8.11. The van der Waals surface area contributed by atoms with E-state index in [9.17, 15) is 4.21 Å². The normalized spacial score (nSPS) is 15.2. The lowest BCUT2D eigenvalue weighted by Gasteiger charge is -2.16. The van der Waals surface area contributed by atoms with Crippen molar-refractivity contribution in [3.63, 3.8) is 0 Å². The lowest BCUT2D eigenvalue weighted by molar-refractivity contribution is 0.446. The van der Waals surface area contributed by atoms with Gasteiger partial charge >= 0.3 is 0 Å². The molecule has 0 spiro atoms. The minimum atomic E-state index is -0.807. The molecule has 0 aromatic heterocycles. The van der Waals surface area contributed by atoms with Crippen LogP contribution in [0.15, 0.2) is 0 Å². The van der Waals surface area contributed by atoms with Gasteiger partial charge in [0.05, 0.1) is 11.0 Å². The van der Waals surface area contributed by atoms with Gasteiger partial charge in [0.1, 0.15) is 0 Å². The van der Waals surface area contributed by atoms with Crippen molar-refractivity contribution in [3.05, 3.63) is 0 Å². The maximum Gasteiger partial charge on any atom is 0.0910 e. The molecule has 2 nitrogen and oxygen atoms in total. The van der Waals surface area contributed by atoms with Gasteiger partial charge < -0.3 is 0 Å². The molecule has 0 saturated carbocycles. The molecule has 0 heterocycles. The minimum Gasteiger partial charge on any atom is -0.243 e. The Morgan fingerprint density at radius 2 is 1.88 bits per heavy atom. The zero-order valence-corrected chi connectivity index (χ0v) is 6.66. The summed E-state index contributed by atoms with van der Waals surface area (Å²) in [5.41, 5.74) is 0. The molecule has 0 aliphatic rings. The highest BCUT2D eigenvalue weighted by Crippen LogP contribution is 1.94. The Morgan fingerprint density at radius 3 is 1.88 bits per heavy atom. The molecule has 8 heavy (non-hydrogen) atoms. The molecule has 0 amide bonds. The summed E-state index contributed by atoms with van der Waals surface area (Å²) < 4.78 is 12.4.